The van der Waals surface area contributed by atoms with Crippen molar-refractivity contribution in [3.63, 3.8) is 0 Å². The van der Waals surface area contributed by atoms with Crippen molar-refractivity contribution >= 4 is 19.4 Å². The number of halogens is 2. The molecule has 0 aromatic carbocycles. The van der Waals surface area contributed by atoms with E-state index in [2.05, 4.69) is 53.7 Å². The van der Waals surface area contributed by atoms with Crippen molar-refractivity contribution in [2.24, 2.45) is 16.7 Å². The molecule has 0 saturated heterocycles. The zero-order chi connectivity index (χ0) is 12.1. The Kier molecular flexibility index (Phi) is 3.74. The Morgan fingerprint density at radius 1 is 1.07 bits per heavy atom. The van der Waals surface area contributed by atoms with Gasteiger partial charge in [0, 0.05) is 0 Å². The van der Waals surface area contributed by atoms with Gasteiger partial charge in [-0.15, -0.1) is 0 Å². The van der Waals surface area contributed by atoms with Gasteiger partial charge < -0.3 is 0 Å². The molecule has 0 aromatic heterocycles. The van der Waals surface area contributed by atoms with Gasteiger partial charge in [0.2, 0.25) is 0 Å². The molecule has 2 atom stereocenters. The maximum atomic E-state index is 6.31. The fraction of sp³-hybridized carbons (Fsp3) is 0.833. The van der Waals surface area contributed by atoms with Crippen LogP contribution in [0.3, 0.4) is 0 Å². The predicted octanol–water partition coefficient (Wildman–Crippen LogP) is 5.35. The van der Waals surface area contributed by atoms with Crippen LogP contribution in [0.25, 0.3) is 0 Å². The topological polar surface area (TPSA) is 0 Å². The van der Waals surface area contributed by atoms with Crippen LogP contribution in [-0.4, -0.2) is 0 Å². The number of rotatable bonds is 1. The van der Waals surface area contributed by atoms with Crippen LogP contribution in [-0.2, 0) is 14.0 Å². The molecule has 0 fully saturated rings. The molecular weight excluding hydrogens is 316 g/mol. The molecule has 1 aliphatic carbocycles. The molecule has 0 spiro atoms. The van der Waals surface area contributed by atoms with Crippen molar-refractivity contribution in [1.29, 1.82) is 0 Å². The zero-order valence-electron chi connectivity index (χ0n) is 10.3. The van der Waals surface area contributed by atoms with E-state index in [4.69, 9.17) is 19.4 Å². The Balaban J connectivity index is 3.31. The average Bonchev–Trinajstić information content (AvgIpc) is 2.10. The summed E-state index contributed by atoms with van der Waals surface area (Å²) in [6.07, 6.45) is 4.55. The SMILES string of the molecule is CC1C=C[C](C)([Ru-]([Cl])[Cl])C(C)(C)C1(C)C. The number of hydrogen-bond acceptors (Lipinski definition) is 0. The molecule has 0 nitrogen and oxygen atoms in total. The molecular formula is C12H21Cl2Ru-. The van der Waals surface area contributed by atoms with Gasteiger partial charge in [0.25, 0.3) is 0 Å². The summed E-state index contributed by atoms with van der Waals surface area (Å²) in [5.74, 6) is 0.572. The van der Waals surface area contributed by atoms with Crippen LogP contribution in [0.5, 0.6) is 0 Å². The molecule has 0 heterocycles. The molecule has 1 rings (SSSR count). The second-order valence-electron chi connectivity index (χ2n) is 5.73. The van der Waals surface area contributed by atoms with E-state index in [1.54, 1.807) is 0 Å². The monoisotopic (exact) mass is 337 g/mol. The van der Waals surface area contributed by atoms with Gasteiger partial charge >= 0.3 is 108 Å². The molecule has 0 aliphatic heterocycles. The zero-order valence-corrected chi connectivity index (χ0v) is 13.6. The molecule has 15 heavy (non-hydrogen) atoms. The van der Waals surface area contributed by atoms with Gasteiger partial charge in [-0.2, -0.15) is 0 Å². The maximum absolute atomic E-state index is 6.31. The van der Waals surface area contributed by atoms with E-state index in [1.807, 2.05) is 0 Å². The number of hydrogen-bond donors (Lipinski definition) is 0. The third-order valence-corrected chi connectivity index (χ3v) is 11.0. The summed E-state index contributed by atoms with van der Waals surface area (Å²) in [5, 5.41) is 0. The van der Waals surface area contributed by atoms with Crippen LogP contribution < -0.4 is 0 Å². The van der Waals surface area contributed by atoms with Crippen molar-refractivity contribution in [3.8, 4) is 0 Å². The molecule has 92 valence electrons. The molecule has 0 radical (unpaired) electrons. The van der Waals surface area contributed by atoms with Crippen LogP contribution in [0.4, 0.5) is 0 Å². The Hall–Kier alpha value is 0.943. The van der Waals surface area contributed by atoms with Crippen molar-refractivity contribution in [1.82, 2.24) is 0 Å². The Labute approximate surface area is 107 Å². The average molecular weight is 337 g/mol. The first kappa shape index (κ1) is 14.0. The third-order valence-electron chi connectivity index (χ3n) is 4.93. The first-order valence-electron chi connectivity index (χ1n) is 5.27. The van der Waals surface area contributed by atoms with Crippen LogP contribution in [0, 0.1) is 16.7 Å². The van der Waals surface area contributed by atoms with Crippen molar-refractivity contribution in [2.75, 3.05) is 0 Å². The van der Waals surface area contributed by atoms with Gasteiger partial charge in [0.1, 0.15) is 0 Å². The Morgan fingerprint density at radius 3 is 1.93 bits per heavy atom. The van der Waals surface area contributed by atoms with Crippen molar-refractivity contribution < 1.29 is 14.0 Å². The van der Waals surface area contributed by atoms with E-state index in [-0.39, 0.29) is 14.8 Å². The fourth-order valence-corrected chi connectivity index (χ4v) is 6.45. The molecule has 0 aromatic rings. The van der Waals surface area contributed by atoms with Crippen LogP contribution in [0.1, 0.15) is 41.5 Å². The molecule has 3 heteroatoms. The second kappa shape index (κ2) is 4.00. The Morgan fingerprint density at radius 2 is 1.53 bits per heavy atom. The first-order chi connectivity index (χ1) is 6.57. The van der Waals surface area contributed by atoms with E-state index < -0.39 is 14.0 Å². The van der Waals surface area contributed by atoms with Gasteiger partial charge in [-0.3, -0.25) is 0 Å². The minimum absolute atomic E-state index is 0.0173. The minimum atomic E-state index is -1.79. The first-order valence-corrected chi connectivity index (χ1v) is 10.6. The normalized spacial score (nSPS) is 38.9. The van der Waals surface area contributed by atoms with Gasteiger partial charge in [0.15, 0.2) is 0 Å². The molecule has 0 saturated carbocycles. The van der Waals surface area contributed by atoms with E-state index >= 15 is 0 Å². The van der Waals surface area contributed by atoms with E-state index in [0.29, 0.717) is 5.92 Å². The molecule has 0 N–H and O–H groups in total. The summed E-state index contributed by atoms with van der Waals surface area (Å²) in [6, 6.07) is 0. The Bertz CT molecular complexity index is 281. The van der Waals surface area contributed by atoms with Crippen LogP contribution in [0.15, 0.2) is 12.2 Å². The van der Waals surface area contributed by atoms with Gasteiger partial charge in [-0.1, -0.05) is 0 Å². The summed E-state index contributed by atoms with van der Waals surface area (Å²) in [7, 11) is 12.6. The van der Waals surface area contributed by atoms with Crippen molar-refractivity contribution in [2.45, 2.75) is 45.6 Å². The second-order valence-corrected chi connectivity index (χ2v) is 12.4. The van der Waals surface area contributed by atoms with Crippen molar-refractivity contribution in [3.05, 3.63) is 12.2 Å². The summed E-state index contributed by atoms with van der Waals surface area (Å²) >= 11 is -1.79. The van der Waals surface area contributed by atoms with Gasteiger partial charge in [0.05, 0.1) is 0 Å². The van der Waals surface area contributed by atoms with E-state index in [1.165, 1.54) is 0 Å². The summed E-state index contributed by atoms with van der Waals surface area (Å²) < 4.78 is -0.0173. The van der Waals surface area contributed by atoms with Gasteiger partial charge in [-0.25, -0.2) is 0 Å². The molecule has 1 aliphatic rings. The molecule has 0 amide bonds. The standard InChI is InChI=1S/C12H21.2ClH.Ru/c1-9-7-8-10(2)12(5,6)11(9,3)4;;;/h7-9H,1-6H3;2*1H;/q;;;+1/p-2. The predicted molar refractivity (Wildman–Crippen MR) is 65.9 cm³/mol. The third kappa shape index (κ3) is 1.83. The summed E-state index contributed by atoms with van der Waals surface area (Å²) in [5.41, 5.74) is 0.364. The fourth-order valence-electron chi connectivity index (χ4n) is 2.17. The molecule has 2 unspecified atom stereocenters. The summed E-state index contributed by atoms with van der Waals surface area (Å²) in [6.45, 7) is 13.8. The quantitative estimate of drug-likeness (QED) is 0.447. The van der Waals surface area contributed by atoms with E-state index in [0.717, 1.165) is 0 Å². The van der Waals surface area contributed by atoms with Crippen LogP contribution >= 0.6 is 19.4 Å². The van der Waals surface area contributed by atoms with Crippen LogP contribution in [0.2, 0.25) is 4.01 Å². The molecule has 0 bridgehead atoms. The van der Waals surface area contributed by atoms with E-state index in [9.17, 15) is 0 Å². The van der Waals surface area contributed by atoms with Gasteiger partial charge in [-0.05, 0) is 0 Å². The summed E-state index contributed by atoms with van der Waals surface area (Å²) in [4.78, 5) is 0. The number of allylic oxidation sites excluding steroid dienone is 2.